The number of hydrogen-bond acceptors (Lipinski definition) is 4. The lowest BCUT2D eigenvalue weighted by molar-refractivity contribution is 0.0196. The van der Waals surface area contributed by atoms with Crippen molar-refractivity contribution in [2.24, 2.45) is 7.05 Å². The fourth-order valence-corrected chi connectivity index (χ4v) is 3.21. The molecule has 2 aromatic heterocycles. The van der Waals surface area contributed by atoms with Crippen LogP contribution in [0.4, 0.5) is 5.69 Å². The van der Waals surface area contributed by atoms with Gasteiger partial charge in [0.05, 0.1) is 11.3 Å². The first-order valence-corrected chi connectivity index (χ1v) is 8.37. The van der Waals surface area contributed by atoms with Gasteiger partial charge in [0.25, 0.3) is 0 Å². The first-order valence-electron chi connectivity index (χ1n) is 7.99. The van der Waals surface area contributed by atoms with E-state index in [2.05, 4.69) is 15.4 Å². The molecular formula is C17H23ClN4O. The minimum absolute atomic E-state index is 0.331. The molecule has 1 fully saturated rings. The van der Waals surface area contributed by atoms with Crippen molar-refractivity contribution < 1.29 is 5.11 Å². The quantitative estimate of drug-likeness (QED) is 0.843. The van der Waals surface area contributed by atoms with Crippen LogP contribution < -0.4 is 5.32 Å². The van der Waals surface area contributed by atoms with Gasteiger partial charge in [-0.25, -0.2) is 4.98 Å². The van der Waals surface area contributed by atoms with Crippen LogP contribution in [0.2, 0.25) is 5.15 Å². The second-order valence-electron chi connectivity index (χ2n) is 6.76. The molecule has 2 aromatic rings. The van der Waals surface area contributed by atoms with Gasteiger partial charge in [-0.1, -0.05) is 11.6 Å². The summed E-state index contributed by atoms with van der Waals surface area (Å²) in [5.74, 6) is 0. The fourth-order valence-electron chi connectivity index (χ4n) is 3.05. The number of halogens is 1. The first kappa shape index (κ1) is 16.3. The maximum absolute atomic E-state index is 10.1. The van der Waals surface area contributed by atoms with Gasteiger partial charge in [0.2, 0.25) is 0 Å². The SMILES string of the molecule is Cc1cc(-c2cnc(Cl)cc2NC2CCC(C)(O)CC2)nn1C. The van der Waals surface area contributed by atoms with Gasteiger partial charge in [0.15, 0.2) is 0 Å². The van der Waals surface area contributed by atoms with Crippen LogP contribution in [0.25, 0.3) is 11.3 Å². The summed E-state index contributed by atoms with van der Waals surface area (Å²) in [4.78, 5) is 4.21. The highest BCUT2D eigenvalue weighted by Gasteiger charge is 2.29. The van der Waals surface area contributed by atoms with E-state index in [1.807, 2.05) is 37.7 Å². The number of hydrogen-bond donors (Lipinski definition) is 2. The van der Waals surface area contributed by atoms with E-state index in [1.54, 1.807) is 6.20 Å². The summed E-state index contributed by atoms with van der Waals surface area (Å²) >= 11 is 6.09. The molecule has 0 bridgehead atoms. The fraction of sp³-hybridized carbons (Fsp3) is 0.529. The number of aromatic nitrogens is 3. The number of pyridine rings is 1. The molecule has 124 valence electrons. The molecule has 0 aliphatic heterocycles. The van der Waals surface area contributed by atoms with Gasteiger partial charge in [-0.15, -0.1) is 0 Å². The highest BCUT2D eigenvalue weighted by molar-refractivity contribution is 6.29. The van der Waals surface area contributed by atoms with E-state index in [9.17, 15) is 5.11 Å². The summed E-state index contributed by atoms with van der Waals surface area (Å²) in [6.45, 7) is 3.94. The lowest BCUT2D eigenvalue weighted by Crippen LogP contribution is -2.35. The number of rotatable bonds is 3. The monoisotopic (exact) mass is 334 g/mol. The van der Waals surface area contributed by atoms with Crippen molar-refractivity contribution in [2.75, 3.05) is 5.32 Å². The zero-order valence-electron chi connectivity index (χ0n) is 13.8. The van der Waals surface area contributed by atoms with E-state index in [1.165, 1.54) is 0 Å². The Morgan fingerprint density at radius 2 is 2.04 bits per heavy atom. The van der Waals surface area contributed by atoms with Crippen LogP contribution in [-0.2, 0) is 7.05 Å². The van der Waals surface area contributed by atoms with Crippen molar-refractivity contribution in [1.29, 1.82) is 0 Å². The second kappa shape index (κ2) is 6.13. The molecule has 0 radical (unpaired) electrons. The van der Waals surface area contributed by atoms with Gasteiger partial charge in [0, 0.05) is 36.2 Å². The molecule has 6 heteroatoms. The maximum atomic E-state index is 10.1. The molecule has 23 heavy (non-hydrogen) atoms. The topological polar surface area (TPSA) is 63.0 Å². The Labute approximate surface area is 141 Å². The Hall–Kier alpha value is -1.59. The summed E-state index contributed by atoms with van der Waals surface area (Å²) in [5.41, 5.74) is 3.36. The van der Waals surface area contributed by atoms with E-state index in [4.69, 9.17) is 11.6 Å². The van der Waals surface area contributed by atoms with Crippen LogP contribution in [-0.4, -0.2) is 31.5 Å². The maximum Gasteiger partial charge on any atom is 0.131 e. The lowest BCUT2D eigenvalue weighted by atomic mass is 9.83. The molecule has 2 N–H and O–H groups in total. The molecule has 3 rings (SSSR count). The van der Waals surface area contributed by atoms with Gasteiger partial charge >= 0.3 is 0 Å². The number of nitrogens with zero attached hydrogens (tertiary/aromatic N) is 3. The Bertz CT molecular complexity index is 681. The Balaban J connectivity index is 1.85. The van der Waals surface area contributed by atoms with E-state index in [-0.39, 0.29) is 0 Å². The number of aliphatic hydroxyl groups is 1. The standard InChI is InChI=1S/C17H23ClN4O/c1-11-8-15(21-22(11)3)13-10-19-16(18)9-14(13)20-12-4-6-17(2,23)7-5-12/h8-10,12,23H,4-7H2,1-3H3,(H,19,20). The zero-order chi connectivity index (χ0) is 16.6. The zero-order valence-corrected chi connectivity index (χ0v) is 14.6. The van der Waals surface area contributed by atoms with Gasteiger partial charge in [0.1, 0.15) is 5.15 Å². The second-order valence-corrected chi connectivity index (χ2v) is 7.15. The molecule has 0 amide bonds. The van der Waals surface area contributed by atoms with E-state index in [0.717, 1.165) is 48.3 Å². The smallest absolute Gasteiger partial charge is 0.131 e. The third kappa shape index (κ3) is 3.67. The van der Waals surface area contributed by atoms with Gasteiger partial charge < -0.3 is 10.4 Å². The Kier molecular flexibility index (Phi) is 4.34. The van der Waals surface area contributed by atoms with Crippen LogP contribution in [0.5, 0.6) is 0 Å². The van der Waals surface area contributed by atoms with Crippen molar-refractivity contribution in [3.8, 4) is 11.3 Å². The molecular weight excluding hydrogens is 312 g/mol. The van der Waals surface area contributed by atoms with Crippen molar-refractivity contribution >= 4 is 17.3 Å². The van der Waals surface area contributed by atoms with E-state index < -0.39 is 5.60 Å². The molecule has 0 unspecified atom stereocenters. The summed E-state index contributed by atoms with van der Waals surface area (Å²) in [6, 6.07) is 4.23. The van der Waals surface area contributed by atoms with Crippen LogP contribution in [0, 0.1) is 6.92 Å². The molecule has 1 saturated carbocycles. The van der Waals surface area contributed by atoms with Crippen molar-refractivity contribution in [2.45, 2.75) is 51.2 Å². The van der Waals surface area contributed by atoms with Crippen molar-refractivity contribution in [1.82, 2.24) is 14.8 Å². The minimum atomic E-state index is -0.533. The number of nitrogens with one attached hydrogen (secondary N) is 1. The third-order valence-corrected chi connectivity index (χ3v) is 4.89. The van der Waals surface area contributed by atoms with Crippen LogP contribution in [0.15, 0.2) is 18.3 Å². The summed E-state index contributed by atoms with van der Waals surface area (Å²) in [5, 5.41) is 18.7. The first-order chi connectivity index (χ1) is 10.8. The molecule has 0 spiro atoms. The highest BCUT2D eigenvalue weighted by atomic mass is 35.5. The predicted molar refractivity (Wildman–Crippen MR) is 92.7 cm³/mol. The van der Waals surface area contributed by atoms with Crippen LogP contribution >= 0.6 is 11.6 Å². The van der Waals surface area contributed by atoms with Gasteiger partial charge in [-0.2, -0.15) is 5.10 Å². The van der Waals surface area contributed by atoms with E-state index in [0.29, 0.717) is 11.2 Å². The largest absolute Gasteiger partial charge is 0.390 e. The van der Waals surface area contributed by atoms with E-state index >= 15 is 0 Å². The molecule has 5 nitrogen and oxygen atoms in total. The van der Waals surface area contributed by atoms with Crippen LogP contribution in [0.1, 0.15) is 38.3 Å². The number of aryl methyl sites for hydroxylation is 2. The lowest BCUT2D eigenvalue weighted by Gasteiger charge is -2.34. The van der Waals surface area contributed by atoms with Gasteiger partial charge in [-0.3, -0.25) is 4.68 Å². The summed E-state index contributed by atoms with van der Waals surface area (Å²) < 4.78 is 1.85. The molecule has 0 aromatic carbocycles. The molecule has 2 heterocycles. The summed E-state index contributed by atoms with van der Waals surface area (Å²) in [7, 11) is 1.93. The molecule has 1 aliphatic rings. The average Bonchev–Trinajstić information content (AvgIpc) is 2.81. The van der Waals surface area contributed by atoms with Crippen LogP contribution in [0.3, 0.4) is 0 Å². The van der Waals surface area contributed by atoms with Crippen molar-refractivity contribution in [3.63, 3.8) is 0 Å². The minimum Gasteiger partial charge on any atom is -0.390 e. The average molecular weight is 335 g/mol. The molecule has 0 saturated heterocycles. The summed E-state index contributed by atoms with van der Waals surface area (Å²) in [6.07, 6.45) is 5.26. The normalized spacial score (nSPS) is 24.7. The molecule has 1 aliphatic carbocycles. The predicted octanol–water partition coefficient (Wildman–Crippen LogP) is 3.55. The highest BCUT2D eigenvalue weighted by Crippen LogP contribution is 2.33. The third-order valence-electron chi connectivity index (χ3n) is 4.68. The number of anilines is 1. The molecule has 0 atom stereocenters. The van der Waals surface area contributed by atoms with Crippen molar-refractivity contribution in [3.05, 3.63) is 29.2 Å². The van der Waals surface area contributed by atoms with Gasteiger partial charge in [-0.05, 0) is 51.7 Å². The Morgan fingerprint density at radius 3 is 2.65 bits per heavy atom. The Morgan fingerprint density at radius 1 is 1.35 bits per heavy atom.